The summed E-state index contributed by atoms with van der Waals surface area (Å²) >= 11 is 1.31. The number of hydrogen-bond donors (Lipinski definition) is 3. The van der Waals surface area contributed by atoms with Crippen LogP contribution in [-0.4, -0.2) is 29.9 Å². The number of nitriles is 1. The SMILES string of the molecule is CC(C)Nc1ccc(-c2nsc(C3=C4CCC(NS(N)(=O)=O)C4CC=C3)n2)cc1C#N. The second-order valence-corrected chi connectivity index (χ2v) is 10.2. The molecule has 0 amide bonds. The summed E-state index contributed by atoms with van der Waals surface area (Å²) in [5.41, 5.74) is 4.34. The number of nitrogens with zero attached hydrogens (tertiary/aromatic N) is 3. The second-order valence-electron chi connectivity index (χ2n) is 8.09. The number of benzene rings is 1. The fraction of sp³-hybridized carbons (Fsp3) is 0.381. The van der Waals surface area contributed by atoms with Gasteiger partial charge in [-0.05, 0) is 62.8 Å². The van der Waals surface area contributed by atoms with Crippen molar-refractivity contribution < 1.29 is 8.42 Å². The smallest absolute Gasteiger partial charge is 0.274 e. The molecular formula is C21H24N6O2S2. The summed E-state index contributed by atoms with van der Waals surface area (Å²) in [5.74, 6) is 0.658. The van der Waals surface area contributed by atoms with E-state index >= 15 is 0 Å². The van der Waals surface area contributed by atoms with Gasteiger partial charge in [0.2, 0.25) is 0 Å². The van der Waals surface area contributed by atoms with Crippen molar-refractivity contribution in [3.8, 4) is 17.5 Å². The molecule has 10 heteroatoms. The first-order chi connectivity index (χ1) is 14.7. The molecule has 2 aliphatic carbocycles. The normalized spacial score (nSPS) is 20.7. The standard InChI is InChI=1S/C21H24N6O2S2/c1-12(2)24-18-8-6-13(10-14(18)11-22)20-25-21(30-26-20)17-5-3-4-16-15(17)7-9-19(16)27-31(23,28)29/h3,5-6,8,10,12,16,19,24,27H,4,7,9H2,1-2H3,(H2,23,28,29). The summed E-state index contributed by atoms with van der Waals surface area (Å²) in [6.45, 7) is 4.05. The van der Waals surface area contributed by atoms with Crippen LogP contribution in [0.4, 0.5) is 5.69 Å². The summed E-state index contributed by atoms with van der Waals surface area (Å²) in [7, 11) is -3.74. The Morgan fingerprint density at radius 2 is 2.16 bits per heavy atom. The van der Waals surface area contributed by atoms with Gasteiger partial charge in [-0.25, -0.2) is 10.1 Å². The van der Waals surface area contributed by atoms with Crippen LogP contribution >= 0.6 is 11.5 Å². The van der Waals surface area contributed by atoms with E-state index in [-0.39, 0.29) is 18.0 Å². The Balaban J connectivity index is 1.63. The molecule has 1 fully saturated rings. The van der Waals surface area contributed by atoms with E-state index in [4.69, 9.17) is 10.1 Å². The summed E-state index contributed by atoms with van der Waals surface area (Å²) in [6, 6.07) is 7.86. The van der Waals surface area contributed by atoms with Crippen LogP contribution in [0.2, 0.25) is 0 Å². The number of fused-ring (bicyclic) bond motifs is 1. The Morgan fingerprint density at radius 3 is 2.87 bits per heavy atom. The summed E-state index contributed by atoms with van der Waals surface area (Å²) in [4.78, 5) is 4.74. The minimum Gasteiger partial charge on any atom is -0.382 e. The fourth-order valence-corrected chi connectivity index (χ4v) is 5.69. The monoisotopic (exact) mass is 456 g/mol. The maximum Gasteiger partial charge on any atom is 0.274 e. The number of nitrogens with one attached hydrogen (secondary N) is 2. The lowest BCUT2D eigenvalue weighted by Crippen LogP contribution is -2.41. The van der Waals surface area contributed by atoms with Crippen LogP contribution in [0, 0.1) is 17.2 Å². The maximum absolute atomic E-state index is 11.5. The van der Waals surface area contributed by atoms with Crippen molar-refractivity contribution in [1.29, 1.82) is 5.26 Å². The van der Waals surface area contributed by atoms with E-state index in [1.165, 1.54) is 17.1 Å². The number of nitrogens with two attached hydrogens (primary N) is 1. The van der Waals surface area contributed by atoms with E-state index in [1.54, 1.807) is 6.07 Å². The summed E-state index contributed by atoms with van der Waals surface area (Å²) in [5, 5.41) is 18.8. The first kappa shape index (κ1) is 21.6. The molecule has 0 spiro atoms. The third-order valence-corrected chi connectivity index (χ3v) is 6.87. The van der Waals surface area contributed by atoms with E-state index in [0.717, 1.165) is 34.7 Å². The molecule has 2 aliphatic rings. The highest BCUT2D eigenvalue weighted by Crippen LogP contribution is 2.43. The van der Waals surface area contributed by atoms with Crippen LogP contribution in [0.3, 0.4) is 0 Å². The number of aromatic nitrogens is 2. The molecule has 0 aliphatic heterocycles. The average Bonchev–Trinajstić information content (AvgIpc) is 3.34. The number of allylic oxidation sites excluding steroid dienone is 3. The number of hydrogen-bond acceptors (Lipinski definition) is 7. The average molecular weight is 457 g/mol. The van der Waals surface area contributed by atoms with Crippen molar-refractivity contribution in [3.05, 3.63) is 46.5 Å². The van der Waals surface area contributed by atoms with Gasteiger partial charge in [0.25, 0.3) is 10.2 Å². The van der Waals surface area contributed by atoms with Gasteiger partial charge in [0.1, 0.15) is 11.1 Å². The van der Waals surface area contributed by atoms with Gasteiger partial charge in [-0.15, -0.1) is 0 Å². The van der Waals surface area contributed by atoms with Crippen LogP contribution in [0.25, 0.3) is 17.0 Å². The Labute approximate surface area is 186 Å². The molecule has 0 saturated heterocycles. The minimum atomic E-state index is -3.74. The molecule has 1 aromatic heterocycles. The molecule has 1 heterocycles. The van der Waals surface area contributed by atoms with E-state index in [2.05, 4.69) is 20.5 Å². The van der Waals surface area contributed by atoms with Crippen LogP contribution in [0.5, 0.6) is 0 Å². The van der Waals surface area contributed by atoms with Crippen LogP contribution in [0.15, 0.2) is 35.9 Å². The van der Waals surface area contributed by atoms with Crippen molar-refractivity contribution in [3.63, 3.8) is 0 Å². The van der Waals surface area contributed by atoms with Gasteiger partial charge in [-0.2, -0.15) is 22.8 Å². The largest absolute Gasteiger partial charge is 0.382 e. The van der Waals surface area contributed by atoms with Crippen molar-refractivity contribution >= 4 is 33.0 Å². The zero-order valence-electron chi connectivity index (χ0n) is 17.3. The third-order valence-electron chi connectivity index (χ3n) is 5.49. The molecule has 2 aromatic rings. The topological polar surface area (TPSA) is 134 Å². The Hall–Kier alpha value is -2.58. The molecule has 31 heavy (non-hydrogen) atoms. The number of anilines is 1. The van der Waals surface area contributed by atoms with Gasteiger partial charge >= 0.3 is 0 Å². The van der Waals surface area contributed by atoms with E-state index in [9.17, 15) is 13.7 Å². The Kier molecular flexibility index (Phi) is 5.94. The summed E-state index contributed by atoms with van der Waals surface area (Å²) < 4.78 is 30.1. The first-order valence-corrected chi connectivity index (χ1v) is 12.4. The first-order valence-electron chi connectivity index (χ1n) is 10.1. The predicted molar refractivity (Wildman–Crippen MR) is 122 cm³/mol. The highest BCUT2D eigenvalue weighted by atomic mass is 32.2. The maximum atomic E-state index is 11.5. The van der Waals surface area contributed by atoms with Gasteiger partial charge in [0.05, 0.1) is 11.3 Å². The van der Waals surface area contributed by atoms with Crippen molar-refractivity contribution in [2.24, 2.45) is 11.1 Å². The molecule has 162 valence electrons. The molecule has 4 N–H and O–H groups in total. The van der Waals surface area contributed by atoms with Gasteiger partial charge in [0, 0.05) is 29.1 Å². The molecule has 0 radical (unpaired) electrons. The van der Waals surface area contributed by atoms with Gasteiger partial charge in [-0.3, -0.25) is 0 Å². The lowest BCUT2D eigenvalue weighted by molar-refractivity contribution is 0.481. The fourth-order valence-electron chi connectivity index (χ4n) is 4.24. The predicted octanol–water partition coefficient (Wildman–Crippen LogP) is 3.18. The number of rotatable bonds is 6. The Bertz CT molecular complexity index is 1210. The molecule has 2 atom stereocenters. The highest BCUT2D eigenvalue weighted by molar-refractivity contribution is 7.87. The van der Waals surface area contributed by atoms with Crippen LogP contribution in [0.1, 0.15) is 43.7 Å². The highest BCUT2D eigenvalue weighted by Gasteiger charge is 2.36. The van der Waals surface area contributed by atoms with Crippen LogP contribution in [-0.2, 0) is 10.2 Å². The molecule has 8 nitrogen and oxygen atoms in total. The lowest BCUT2D eigenvalue weighted by atomic mass is 9.88. The molecule has 4 rings (SSSR count). The van der Waals surface area contributed by atoms with Gasteiger partial charge in [-0.1, -0.05) is 17.7 Å². The quantitative estimate of drug-likeness (QED) is 0.611. The molecular weight excluding hydrogens is 432 g/mol. The zero-order chi connectivity index (χ0) is 22.2. The molecule has 2 unspecified atom stereocenters. The zero-order valence-corrected chi connectivity index (χ0v) is 18.9. The molecule has 1 saturated carbocycles. The Morgan fingerprint density at radius 1 is 1.35 bits per heavy atom. The van der Waals surface area contributed by atoms with Crippen molar-refractivity contribution in [2.45, 2.75) is 45.2 Å². The minimum absolute atomic E-state index is 0.0808. The second kappa shape index (κ2) is 8.51. The van der Waals surface area contributed by atoms with Crippen molar-refractivity contribution in [1.82, 2.24) is 14.1 Å². The van der Waals surface area contributed by atoms with Crippen molar-refractivity contribution in [2.75, 3.05) is 5.32 Å². The van der Waals surface area contributed by atoms with E-state index < -0.39 is 10.2 Å². The summed E-state index contributed by atoms with van der Waals surface area (Å²) in [6.07, 6.45) is 6.37. The van der Waals surface area contributed by atoms with Gasteiger partial charge in [0.15, 0.2) is 5.82 Å². The molecule has 1 aromatic carbocycles. The van der Waals surface area contributed by atoms with Gasteiger partial charge < -0.3 is 5.32 Å². The molecule has 0 bridgehead atoms. The lowest BCUT2D eigenvalue weighted by Gasteiger charge is -2.23. The van der Waals surface area contributed by atoms with Crippen LogP contribution < -0.4 is 15.2 Å². The third kappa shape index (κ3) is 4.70. The van der Waals surface area contributed by atoms with E-state index in [0.29, 0.717) is 17.8 Å². The van der Waals surface area contributed by atoms with E-state index in [1.807, 2.05) is 38.1 Å².